The highest BCUT2D eigenvalue weighted by Crippen LogP contribution is 2.34. The first-order valence-corrected chi connectivity index (χ1v) is 9.96. The molecule has 3 rings (SSSR count). The van der Waals surface area contributed by atoms with Crippen LogP contribution in [0.3, 0.4) is 0 Å². The Morgan fingerprint density at radius 1 is 1.17 bits per heavy atom. The molecule has 0 aliphatic rings. The molecule has 0 saturated carbocycles. The van der Waals surface area contributed by atoms with Gasteiger partial charge in [-0.05, 0) is 61.3 Å². The first kappa shape index (κ1) is 21.0. The summed E-state index contributed by atoms with van der Waals surface area (Å²) in [7, 11) is 0. The second-order valence-corrected chi connectivity index (χ2v) is 8.54. The van der Waals surface area contributed by atoms with Gasteiger partial charge in [0.25, 0.3) is 5.56 Å². The number of rotatable bonds is 3. The van der Waals surface area contributed by atoms with Gasteiger partial charge in [-0.15, -0.1) is 0 Å². The van der Waals surface area contributed by atoms with Crippen molar-refractivity contribution >= 4 is 27.5 Å². The Balaban J connectivity index is 2.22. The van der Waals surface area contributed by atoms with Crippen LogP contribution >= 0.6 is 15.9 Å². The zero-order valence-corrected chi connectivity index (χ0v) is 18.2. The maximum absolute atomic E-state index is 13.8. The van der Waals surface area contributed by atoms with Gasteiger partial charge in [0.15, 0.2) is 0 Å². The molecule has 0 spiro atoms. The third-order valence-corrected chi connectivity index (χ3v) is 5.14. The number of ether oxygens (including phenoxy) is 1. The molecule has 29 heavy (non-hydrogen) atoms. The number of halogens is 2. The molecule has 2 heterocycles. The number of aromatic nitrogens is 1. The van der Waals surface area contributed by atoms with E-state index >= 15 is 0 Å². The third kappa shape index (κ3) is 4.50. The molecule has 5 nitrogen and oxygen atoms in total. The molecular weight excluding hydrogens is 439 g/mol. The van der Waals surface area contributed by atoms with Gasteiger partial charge in [0, 0.05) is 16.2 Å². The molecule has 1 N–H and O–H groups in total. The van der Waals surface area contributed by atoms with Gasteiger partial charge in [-0.25, -0.2) is 9.18 Å². The summed E-state index contributed by atoms with van der Waals surface area (Å²) in [5.41, 5.74) is 1.13. The Morgan fingerprint density at radius 3 is 2.45 bits per heavy atom. The topological polar surface area (TPSA) is 59.8 Å². The maximum atomic E-state index is 13.8. The number of carbonyl (C=O) groups is 1. The van der Waals surface area contributed by atoms with Gasteiger partial charge in [0.05, 0.1) is 17.1 Å². The van der Waals surface area contributed by atoms with Gasteiger partial charge in [0.2, 0.25) is 0 Å². The molecule has 0 saturated heterocycles. The first-order chi connectivity index (χ1) is 13.6. The van der Waals surface area contributed by atoms with Crippen LogP contribution in [0.5, 0.6) is 0 Å². The lowest BCUT2D eigenvalue weighted by molar-refractivity contribution is 0.0508. The van der Waals surface area contributed by atoms with Crippen LogP contribution in [0.2, 0.25) is 0 Å². The number of amides is 1. The molecule has 0 aliphatic heterocycles. The molecule has 2 aromatic heterocycles. The molecule has 0 fully saturated rings. The number of nitrogens with one attached hydrogen (secondary N) is 1. The van der Waals surface area contributed by atoms with Gasteiger partial charge in [0.1, 0.15) is 11.4 Å². The number of pyridine rings is 2. The monoisotopic (exact) mass is 460 g/mol. The van der Waals surface area contributed by atoms with Crippen molar-refractivity contribution < 1.29 is 13.9 Å². The Hall–Kier alpha value is -2.67. The van der Waals surface area contributed by atoms with Crippen LogP contribution in [0.1, 0.15) is 39.3 Å². The van der Waals surface area contributed by atoms with E-state index in [1.165, 1.54) is 16.5 Å². The van der Waals surface area contributed by atoms with Crippen LogP contribution in [0.15, 0.2) is 57.9 Å². The Labute approximate surface area is 176 Å². The van der Waals surface area contributed by atoms with Crippen molar-refractivity contribution in [3.05, 3.63) is 74.9 Å². The summed E-state index contributed by atoms with van der Waals surface area (Å²) >= 11 is 3.57. The van der Waals surface area contributed by atoms with E-state index in [1.54, 1.807) is 39.8 Å². The van der Waals surface area contributed by atoms with E-state index in [0.717, 1.165) is 6.20 Å². The first-order valence-electron chi connectivity index (χ1n) is 9.16. The van der Waals surface area contributed by atoms with E-state index in [4.69, 9.17) is 4.74 Å². The highest BCUT2D eigenvalue weighted by Gasteiger charge is 2.25. The second kappa shape index (κ2) is 7.99. The largest absolute Gasteiger partial charge is 0.444 e. The van der Waals surface area contributed by atoms with Crippen molar-refractivity contribution in [2.75, 3.05) is 0 Å². The zero-order chi connectivity index (χ0) is 21.3. The maximum Gasteiger partial charge on any atom is 0.408 e. The van der Waals surface area contributed by atoms with Crippen LogP contribution in [-0.2, 0) is 4.74 Å². The lowest BCUT2D eigenvalue weighted by Gasteiger charge is -2.24. The number of fused-ring (bicyclic) bond motifs is 1. The Bertz CT molecular complexity index is 1120. The summed E-state index contributed by atoms with van der Waals surface area (Å²) in [5, 5.41) is 2.79. The number of benzene rings is 1. The highest BCUT2D eigenvalue weighted by atomic mass is 79.9. The fourth-order valence-electron chi connectivity index (χ4n) is 3.15. The summed E-state index contributed by atoms with van der Waals surface area (Å²) in [6.07, 6.45) is 0.570. The summed E-state index contributed by atoms with van der Waals surface area (Å²) < 4.78 is 21.0. The van der Waals surface area contributed by atoms with Crippen molar-refractivity contribution in [3.63, 3.8) is 0 Å². The molecule has 3 aromatic rings. The molecule has 1 aromatic carbocycles. The van der Waals surface area contributed by atoms with Gasteiger partial charge in [-0.2, -0.15) is 0 Å². The smallest absolute Gasteiger partial charge is 0.408 e. The van der Waals surface area contributed by atoms with Crippen molar-refractivity contribution in [2.24, 2.45) is 0 Å². The molecular formula is C22H22BrFN2O3. The minimum atomic E-state index is -0.649. The lowest BCUT2D eigenvalue weighted by Crippen LogP contribution is -2.35. The van der Waals surface area contributed by atoms with E-state index in [1.807, 2.05) is 18.2 Å². The minimum absolute atomic E-state index is 0.373. The van der Waals surface area contributed by atoms with E-state index < -0.39 is 23.6 Å². The summed E-state index contributed by atoms with van der Waals surface area (Å²) in [4.78, 5) is 25.6. The zero-order valence-electron chi connectivity index (χ0n) is 16.6. The average molecular weight is 461 g/mol. The molecule has 0 unspecified atom stereocenters. The molecule has 1 atom stereocenters. The molecule has 0 radical (unpaired) electrons. The summed E-state index contributed by atoms with van der Waals surface area (Å²) in [6, 6.07) is 11.4. The van der Waals surface area contributed by atoms with E-state index in [2.05, 4.69) is 21.2 Å². The van der Waals surface area contributed by atoms with Gasteiger partial charge < -0.3 is 10.1 Å². The van der Waals surface area contributed by atoms with Crippen molar-refractivity contribution in [1.82, 2.24) is 9.72 Å². The van der Waals surface area contributed by atoms with E-state index in [-0.39, 0.29) is 5.56 Å². The molecule has 152 valence electrons. The van der Waals surface area contributed by atoms with E-state index in [9.17, 15) is 14.0 Å². The third-order valence-electron chi connectivity index (χ3n) is 4.30. The number of hydrogen-bond donors (Lipinski definition) is 1. The molecule has 0 bridgehead atoms. The standard InChI is InChI=1S/C22H22BrFN2O3/c1-13(25-21(28)29-22(2,3)4)17-18(14-8-6-5-7-9-14)20(27)26-12-15(24)10-11-16(26)19(17)23/h5-13H,1-4H3,(H,25,28)/t13-/m0/s1. The van der Waals surface area contributed by atoms with Gasteiger partial charge >= 0.3 is 6.09 Å². The number of hydrogen-bond acceptors (Lipinski definition) is 3. The normalized spacial score (nSPS) is 12.6. The predicted octanol–water partition coefficient (Wildman–Crippen LogP) is 5.45. The number of carbonyl (C=O) groups excluding carboxylic acids is 1. The van der Waals surface area contributed by atoms with Crippen LogP contribution in [0.4, 0.5) is 9.18 Å². The fourth-order valence-corrected chi connectivity index (χ4v) is 4.02. The van der Waals surface area contributed by atoms with Gasteiger partial charge in [-0.1, -0.05) is 30.3 Å². The number of alkyl carbamates (subject to hydrolysis) is 1. The molecule has 7 heteroatoms. The molecule has 0 aliphatic carbocycles. The van der Waals surface area contributed by atoms with Crippen molar-refractivity contribution in [1.29, 1.82) is 0 Å². The predicted molar refractivity (Wildman–Crippen MR) is 115 cm³/mol. The minimum Gasteiger partial charge on any atom is -0.444 e. The van der Waals surface area contributed by atoms with Crippen molar-refractivity contribution in [2.45, 2.75) is 39.3 Å². The highest BCUT2D eigenvalue weighted by molar-refractivity contribution is 9.10. The fraction of sp³-hybridized carbons (Fsp3) is 0.273. The average Bonchev–Trinajstić information content (AvgIpc) is 2.63. The van der Waals surface area contributed by atoms with Crippen LogP contribution in [0.25, 0.3) is 16.6 Å². The molecule has 1 amide bonds. The Kier molecular flexibility index (Phi) is 5.80. The lowest BCUT2D eigenvalue weighted by atomic mass is 9.96. The quantitative estimate of drug-likeness (QED) is 0.564. The number of nitrogens with zero attached hydrogens (tertiary/aromatic N) is 1. The second-order valence-electron chi connectivity index (χ2n) is 7.74. The Morgan fingerprint density at radius 2 is 1.83 bits per heavy atom. The summed E-state index contributed by atoms with van der Waals surface area (Å²) in [6.45, 7) is 7.11. The van der Waals surface area contributed by atoms with Crippen LogP contribution in [0, 0.1) is 5.82 Å². The van der Waals surface area contributed by atoms with Crippen molar-refractivity contribution in [3.8, 4) is 11.1 Å². The van der Waals surface area contributed by atoms with Crippen LogP contribution < -0.4 is 10.9 Å². The van der Waals surface area contributed by atoms with Gasteiger partial charge in [-0.3, -0.25) is 9.20 Å². The van der Waals surface area contributed by atoms with E-state index in [0.29, 0.717) is 26.7 Å². The SMILES string of the molecule is C[C@H](NC(=O)OC(C)(C)C)c1c(-c2ccccc2)c(=O)n2cc(F)ccc2c1Br. The van der Waals surface area contributed by atoms with Crippen LogP contribution in [-0.4, -0.2) is 16.1 Å². The summed E-state index contributed by atoms with van der Waals surface area (Å²) in [5.74, 6) is -0.516.